The normalized spacial score (nSPS) is 29.7. The van der Waals surface area contributed by atoms with E-state index >= 15 is 0 Å². The molecule has 2 saturated carbocycles. The summed E-state index contributed by atoms with van der Waals surface area (Å²) in [6.07, 6.45) is 23.7. The fourth-order valence-corrected chi connectivity index (χ4v) is 15.0. The number of allylic oxidation sites excluding steroid dienone is 8. The van der Waals surface area contributed by atoms with E-state index in [-0.39, 0.29) is 88.0 Å². The van der Waals surface area contributed by atoms with Crippen molar-refractivity contribution in [2.24, 2.45) is 23.7 Å². The van der Waals surface area contributed by atoms with Crippen LogP contribution < -0.4 is 0 Å². The van der Waals surface area contributed by atoms with E-state index in [9.17, 15) is 0 Å². The fourth-order valence-electron chi connectivity index (χ4n) is 11.5. The Morgan fingerprint density at radius 2 is 0.885 bits per heavy atom. The SMILES string of the molecule is C1=CC2C(C=C1)C(c1cccc3c1[N-]CCC3)C1Sc3ccccc3C21.CC1CCc2cccc(C3C4C=CC=CC4C4c5ccccc5SC43)c2[N-]1.[CH3-].[CH3-].[CH3-].[CH3-].[CH3-].[CH3-].[Ti+4].[Ti+4]. The van der Waals surface area contributed by atoms with Crippen LogP contribution in [0.4, 0.5) is 11.4 Å². The Hall–Kier alpha value is -2.43. The van der Waals surface area contributed by atoms with Gasteiger partial charge in [-0.1, -0.05) is 163 Å². The number of benzene rings is 4. The number of hydrogen-bond donors (Lipinski definition) is 0. The maximum Gasteiger partial charge on any atom is 4.00 e. The van der Waals surface area contributed by atoms with Gasteiger partial charge in [-0.25, -0.2) is 0 Å². The average molecular weight is 913 g/mol. The second kappa shape index (κ2) is 22.0. The van der Waals surface area contributed by atoms with E-state index in [0.29, 0.717) is 63.9 Å². The Morgan fingerprint density at radius 3 is 1.38 bits per heavy atom. The zero-order valence-electron chi connectivity index (χ0n) is 37.3. The second-order valence-electron chi connectivity index (χ2n) is 16.4. The van der Waals surface area contributed by atoms with Crippen LogP contribution in [0.1, 0.15) is 76.8 Å². The third kappa shape index (κ3) is 8.87. The molecular weight excluding hydrogens is 848 g/mol. The average Bonchev–Trinajstić information content (AvgIpc) is 3.94. The van der Waals surface area contributed by atoms with Gasteiger partial charge in [0.15, 0.2) is 0 Å². The number of fused-ring (bicyclic) bond motifs is 12. The quantitative estimate of drug-likeness (QED) is 0.148. The first-order valence-electron chi connectivity index (χ1n) is 20.1. The maximum atomic E-state index is 5.14. The molecule has 4 aromatic carbocycles. The van der Waals surface area contributed by atoms with E-state index in [0.717, 1.165) is 6.54 Å². The van der Waals surface area contributed by atoms with Crippen molar-refractivity contribution in [2.45, 2.75) is 82.6 Å². The third-order valence-electron chi connectivity index (χ3n) is 13.7. The second-order valence-corrected chi connectivity index (χ2v) is 18.8. The molecule has 6 heteroatoms. The molecule has 4 aliphatic heterocycles. The molecule has 4 aliphatic carbocycles. The van der Waals surface area contributed by atoms with Crippen LogP contribution in [0.15, 0.2) is 143 Å². The maximum absolute atomic E-state index is 5.14. The van der Waals surface area contributed by atoms with E-state index in [4.69, 9.17) is 10.6 Å². The molecule has 2 nitrogen and oxygen atoms in total. The summed E-state index contributed by atoms with van der Waals surface area (Å²) in [5, 5.41) is 11.4. The topological polar surface area (TPSA) is 28.2 Å². The molecule has 8 aliphatic rings. The van der Waals surface area contributed by atoms with E-state index in [2.05, 4.69) is 164 Å². The molecule has 4 aromatic rings. The molecule has 0 spiro atoms. The van der Waals surface area contributed by atoms with Gasteiger partial charge < -0.3 is 55.2 Å². The monoisotopic (exact) mass is 912 g/mol. The first kappa shape index (κ1) is 52.9. The van der Waals surface area contributed by atoms with Crippen molar-refractivity contribution >= 4 is 34.9 Å². The first-order valence-corrected chi connectivity index (χ1v) is 21.8. The summed E-state index contributed by atoms with van der Waals surface area (Å²) in [5.74, 6) is 4.77. The van der Waals surface area contributed by atoms with Crippen LogP contribution in [0.25, 0.3) is 10.6 Å². The molecule has 0 aromatic heterocycles. The summed E-state index contributed by atoms with van der Waals surface area (Å²) in [5.41, 5.74) is 11.7. The summed E-state index contributed by atoms with van der Waals surface area (Å²) in [6, 6.07) is 32.5. The van der Waals surface area contributed by atoms with Crippen molar-refractivity contribution in [1.29, 1.82) is 0 Å². The molecule has 0 amide bonds. The van der Waals surface area contributed by atoms with E-state index in [1.807, 2.05) is 0 Å². The molecule has 0 radical (unpaired) electrons. The number of nitrogens with zero attached hydrogens (tertiary/aromatic N) is 2. The molecule has 61 heavy (non-hydrogen) atoms. The van der Waals surface area contributed by atoms with Gasteiger partial charge in [0.2, 0.25) is 0 Å². The standard InChI is InChI=1S/C25H24NS.C24H22NS.6CH3.2Ti/c1-15-13-14-16-7-6-11-20(24(16)26-15)23-18-9-3-2-8-17(18)22-19-10-4-5-12-21(19)27-25(22)23;1-2-10-17-16(9-1)21-18-11-3-4-13-20(18)26-24(21)22(17)19-12-5-7-15-8-6-14-25-23(15)19;;;;;;;;/h2-12,15,17-18,22-23,25H,13-14H2,1H3;1-5,7,9-13,16-17,21-22,24H,6,8,14H2;6*1H3;;/q8*-1;2*+4. The number of rotatable bonds is 2. The molecular formula is C55H64N2S2Ti2. The number of thioether (sulfide) groups is 2. The van der Waals surface area contributed by atoms with E-state index < -0.39 is 0 Å². The molecule has 314 valence electrons. The van der Waals surface area contributed by atoms with Crippen LogP contribution in [0.3, 0.4) is 0 Å². The van der Waals surface area contributed by atoms with Gasteiger partial charge in [0.1, 0.15) is 0 Å². The predicted octanol–water partition coefficient (Wildman–Crippen LogP) is 15.8. The van der Waals surface area contributed by atoms with E-state index in [1.165, 1.54) is 69.1 Å². The first-order chi connectivity index (χ1) is 26.2. The van der Waals surface area contributed by atoms with Crippen molar-refractivity contribution in [1.82, 2.24) is 0 Å². The van der Waals surface area contributed by atoms with Gasteiger partial charge in [0, 0.05) is 44.0 Å². The van der Waals surface area contributed by atoms with Crippen molar-refractivity contribution in [3.05, 3.63) is 222 Å². The van der Waals surface area contributed by atoms with Crippen LogP contribution in [0.5, 0.6) is 0 Å². The minimum absolute atomic E-state index is 0. The predicted molar refractivity (Wildman–Crippen MR) is 262 cm³/mol. The molecule has 11 atom stereocenters. The smallest absolute Gasteiger partial charge is 0.684 e. The molecule has 0 bridgehead atoms. The zero-order chi connectivity index (χ0) is 35.0. The summed E-state index contributed by atoms with van der Waals surface area (Å²) in [4.78, 5) is 2.99. The zero-order valence-corrected chi connectivity index (χ0v) is 42.1. The van der Waals surface area contributed by atoms with Gasteiger partial charge >= 0.3 is 43.4 Å². The van der Waals surface area contributed by atoms with Crippen LogP contribution in [0.2, 0.25) is 0 Å². The number of aryl methyl sites for hydroxylation is 2. The van der Waals surface area contributed by atoms with Gasteiger partial charge in [-0.05, 0) is 59.8 Å². The number of hydrogen-bond acceptors (Lipinski definition) is 2. The largest absolute Gasteiger partial charge is 4.00 e. The van der Waals surface area contributed by atoms with Gasteiger partial charge in [0.05, 0.1) is 0 Å². The number of para-hydroxylation sites is 2. The van der Waals surface area contributed by atoms with Crippen LogP contribution in [-0.4, -0.2) is 23.1 Å². The summed E-state index contributed by atoms with van der Waals surface area (Å²) < 4.78 is 0. The molecule has 2 fully saturated rings. The third-order valence-corrected chi connectivity index (χ3v) is 16.6. The summed E-state index contributed by atoms with van der Waals surface area (Å²) in [7, 11) is 0. The fraction of sp³-hybridized carbons (Fsp3) is 0.309. The summed E-state index contributed by atoms with van der Waals surface area (Å²) in [6.45, 7) is 3.26. The van der Waals surface area contributed by atoms with Crippen LogP contribution >= 0.6 is 23.5 Å². The van der Waals surface area contributed by atoms with E-state index in [1.54, 1.807) is 11.1 Å². The minimum Gasteiger partial charge on any atom is -0.684 e. The van der Waals surface area contributed by atoms with Crippen LogP contribution in [-0.2, 0) is 56.3 Å². The molecule has 11 unspecified atom stereocenters. The Bertz CT molecular complexity index is 2210. The van der Waals surface area contributed by atoms with Crippen molar-refractivity contribution in [3.8, 4) is 0 Å². The molecule has 4 heterocycles. The van der Waals surface area contributed by atoms with Crippen LogP contribution in [0, 0.1) is 68.2 Å². The van der Waals surface area contributed by atoms with Gasteiger partial charge in [-0.3, -0.25) is 0 Å². The molecule has 0 saturated heterocycles. The Balaban J connectivity index is 0.000000288. The van der Waals surface area contributed by atoms with Crippen molar-refractivity contribution < 1.29 is 43.4 Å². The van der Waals surface area contributed by atoms with Gasteiger partial charge in [-0.2, -0.15) is 0 Å². The van der Waals surface area contributed by atoms with Crippen molar-refractivity contribution in [2.75, 3.05) is 6.54 Å². The van der Waals surface area contributed by atoms with Crippen molar-refractivity contribution in [3.63, 3.8) is 0 Å². The molecule has 0 N–H and O–H groups in total. The Labute approximate surface area is 410 Å². The Kier molecular flexibility index (Phi) is 19.1. The molecule has 12 rings (SSSR count). The summed E-state index contributed by atoms with van der Waals surface area (Å²) >= 11 is 4.23. The van der Waals surface area contributed by atoms with Gasteiger partial charge in [0.25, 0.3) is 0 Å². The van der Waals surface area contributed by atoms with Gasteiger partial charge in [-0.15, -0.1) is 47.5 Å². The Morgan fingerprint density at radius 1 is 0.475 bits per heavy atom. The minimum atomic E-state index is 0.